The molecule has 6 rings (SSSR count). The van der Waals surface area contributed by atoms with Gasteiger partial charge in [0.15, 0.2) is 11.5 Å². The second-order valence-electron chi connectivity index (χ2n) is 15.9. The molecule has 2 aromatic carbocycles. The SMILES string of the molecule is CCCCC(C)CC.COc1cc2c(cc1OC)C1NNC(Nc3cccc(SCC(=O)NCCOCCOCCNC(=O)CCCCCC4SCC5NC(=O)NC54)c3)=C1C2. The van der Waals surface area contributed by atoms with Crippen LogP contribution in [0.25, 0.3) is 0 Å². The fourth-order valence-corrected chi connectivity index (χ4v) is 10.1. The Morgan fingerprint density at radius 3 is 2.41 bits per heavy atom. The number of hydrogen-bond acceptors (Lipinski definition) is 12. The number of methoxy groups -OCH3 is 2. The first kappa shape index (κ1) is 48.2. The Balaban J connectivity index is 0.000000800. The van der Waals surface area contributed by atoms with Crippen molar-refractivity contribution in [1.29, 1.82) is 0 Å². The van der Waals surface area contributed by atoms with E-state index in [1.165, 1.54) is 54.1 Å². The molecule has 16 heteroatoms. The van der Waals surface area contributed by atoms with Crippen LogP contribution in [0.2, 0.25) is 0 Å². The van der Waals surface area contributed by atoms with Gasteiger partial charge >= 0.3 is 6.03 Å². The third-order valence-electron chi connectivity index (χ3n) is 11.4. The molecule has 7 N–H and O–H groups in total. The van der Waals surface area contributed by atoms with E-state index in [0.717, 1.165) is 65.9 Å². The molecule has 14 nitrogen and oxygen atoms in total. The summed E-state index contributed by atoms with van der Waals surface area (Å²) in [6, 6.07) is 12.6. The summed E-state index contributed by atoms with van der Waals surface area (Å²) in [5, 5.41) is 15.8. The van der Waals surface area contributed by atoms with Crippen molar-refractivity contribution < 1.29 is 33.3 Å². The van der Waals surface area contributed by atoms with E-state index in [9.17, 15) is 14.4 Å². The van der Waals surface area contributed by atoms with Crippen LogP contribution in [0, 0.1) is 5.92 Å². The molecule has 5 atom stereocenters. The van der Waals surface area contributed by atoms with Gasteiger partial charge in [-0.2, -0.15) is 11.8 Å². The number of unbranched alkanes of at least 4 members (excludes halogenated alkanes) is 3. The molecule has 0 aromatic heterocycles. The van der Waals surface area contributed by atoms with Crippen molar-refractivity contribution in [2.24, 2.45) is 5.92 Å². The molecule has 0 radical (unpaired) electrons. The number of hydrogen-bond donors (Lipinski definition) is 7. The lowest BCUT2D eigenvalue weighted by Gasteiger charge is -2.16. The predicted molar refractivity (Wildman–Crippen MR) is 245 cm³/mol. The molecule has 4 aliphatic rings. The zero-order valence-corrected chi connectivity index (χ0v) is 38.4. The highest BCUT2D eigenvalue weighted by Crippen LogP contribution is 2.44. The van der Waals surface area contributed by atoms with Crippen LogP contribution in [0.3, 0.4) is 0 Å². The van der Waals surface area contributed by atoms with Crippen molar-refractivity contribution in [2.45, 2.75) is 113 Å². The summed E-state index contributed by atoms with van der Waals surface area (Å²) in [7, 11) is 3.29. The number of thioether (sulfide) groups is 2. The third kappa shape index (κ3) is 15.2. The van der Waals surface area contributed by atoms with Crippen molar-refractivity contribution >= 4 is 47.1 Å². The number of carbonyl (C=O) groups excluding carboxylic acids is 3. The largest absolute Gasteiger partial charge is 0.493 e. The molecule has 2 fully saturated rings. The van der Waals surface area contributed by atoms with Gasteiger partial charge in [0.2, 0.25) is 11.8 Å². The Labute approximate surface area is 371 Å². The van der Waals surface area contributed by atoms with Crippen LogP contribution in [0.5, 0.6) is 11.5 Å². The highest BCUT2D eigenvalue weighted by molar-refractivity contribution is 8.00. The monoisotopic (exact) mass is 883 g/mol. The van der Waals surface area contributed by atoms with Crippen LogP contribution in [0.15, 0.2) is 52.7 Å². The molecule has 0 spiro atoms. The molecule has 61 heavy (non-hydrogen) atoms. The number of amides is 4. The maximum atomic E-state index is 12.4. The summed E-state index contributed by atoms with van der Waals surface area (Å²) in [5.74, 6) is 4.57. The summed E-state index contributed by atoms with van der Waals surface area (Å²) in [4.78, 5) is 37.0. The molecule has 2 saturated heterocycles. The van der Waals surface area contributed by atoms with E-state index in [4.69, 9.17) is 18.9 Å². The van der Waals surface area contributed by atoms with Crippen molar-refractivity contribution in [1.82, 2.24) is 32.1 Å². The molecule has 0 bridgehead atoms. The number of anilines is 1. The first-order valence-electron chi connectivity index (χ1n) is 22.1. The van der Waals surface area contributed by atoms with Gasteiger partial charge in [-0.05, 0) is 72.2 Å². The molecule has 3 aliphatic heterocycles. The maximum absolute atomic E-state index is 12.4. The van der Waals surface area contributed by atoms with Gasteiger partial charge in [0.1, 0.15) is 5.82 Å². The average molecular weight is 884 g/mol. The van der Waals surface area contributed by atoms with Gasteiger partial charge in [0.05, 0.1) is 64.5 Å². The van der Waals surface area contributed by atoms with Crippen molar-refractivity contribution in [3.05, 3.63) is 58.9 Å². The summed E-state index contributed by atoms with van der Waals surface area (Å²) >= 11 is 3.40. The number of fused-ring (bicyclic) bond motifs is 4. The van der Waals surface area contributed by atoms with Gasteiger partial charge in [0.25, 0.3) is 0 Å². The van der Waals surface area contributed by atoms with Crippen molar-refractivity contribution in [3.8, 4) is 11.5 Å². The summed E-state index contributed by atoms with van der Waals surface area (Å²) in [6.07, 6.45) is 10.8. The van der Waals surface area contributed by atoms with E-state index in [-0.39, 0.29) is 36.0 Å². The van der Waals surface area contributed by atoms with Gasteiger partial charge in [0, 0.05) is 41.1 Å². The van der Waals surface area contributed by atoms with Gasteiger partial charge in [-0.3, -0.25) is 9.59 Å². The van der Waals surface area contributed by atoms with E-state index >= 15 is 0 Å². The minimum atomic E-state index is -0.0597. The average Bonchev–Trinajstić information content (AvgIpc) is 4.04. The minimum Gasteiger partial charge on any atom is -0.493 e. The molecule has 338 valence electrons. The fourth-order valence-electron chi connectivity index (χ4n) is 7.74. The summed E-state index contributed by atoms with van der Waals surface area (Å²) in [5.41, 5.74) is 11.2. The fraction of sp³-hybridized carbons (Fsp3) is 0.622. The van der Waals surface area contributed by atoms with E-state index in [1.54, 1.807) is 14.2 Å². The van der Waals surface area contributed by atoms with Crippen LogP contribution in [-0.2, 0) is 25.5 Å². The molecule has 1 aliphatic carbocycles. The predicted octanol–water partition coefficient (Wildman–Crippen LogP) is 6.43. The highest BCUT2D eigenvalue weighted by atomic mass is 32.2. The minimum absolute atomic E-state index is 0.0419. The van der Waals surface area contributed by atoms with Crippen LogP contribution < -0.4 is 46.9 Å². The van der Waals surface area contributed by atoms with Gasteiger partial charge < -0.3 is 51.0 Å². The molecular weight excluding hydrogens is 815 g/mol. The van der Waals surface area contributed by atoms with Gasteiger partial charge in [-0.1, -0.05) is 65.4 Å². The standard InChI is InChI=1S/C37H51N7O7S2.C8H18/c1-48-29-18-23-17-27-34(26(23)20-30(29)49-2)43-44-36(27)40-24-7-6-8-25(19-24)52-22-33(46)39-12-14-51-16-15-50-13-11-38-32(45)10-5-3-4-9-31-35-28(21-53-31)41-37(47)42-35;1-4-6-7-8(3)5-2/h6-8,18-20,28,31,34-35,40,43-44H,3-5,9-17,21-22H2,1-2H3,(H,38,45)(H,39,46)(H2,41,42,47);8H,4-7H2,1-3H3. The van der Waals surface area contributed by atoms with E-state index in [0.29, 0.717) is 62.7 Å². The van der Waals surface area contributed by atoms with Crippen LogP contribution >= 0.6 is 23.5 Å². The second-order valence-corrected chi connectivity index (χ2v) is 18.2. The van der Waals surface area contributed by atoms with Gasteiger partial charge in [-0.25, -0.2) is 10.2 Å². The molecule has 4 amide bonds. The number of ether oxygens (including phenoxy) is 4. The van der Waals surface area contributed by atoms with E-state index in [1.807, 2.05) is 48.2 Å². The Hall–Kier alpha value is -3.83. The lowest BCUT2D eigenvalue weighted by Crippen LogP contribution is -2.36. The quantitative estimate of drug-likeness (QED) is 0.0315. The van der Waals surface area contributed by atoms with Crippen molar-refractivity contribution in [2.75, 3.05) is 70.6 Å². The zero-order chi connectivity index (χ0) is 43.4. The number of urea groups is 1. The molecule has 0 saturated carbocycles. The van der Waals surface area contributed by atoms with Crippen molar-refractivity contribution in [3.63, 3.8) is 0 Å². The van der Waals surface area contributed by atoms with E-state index in [2.05, 4.69) is 58.2 Å². The molecule has 5 unspecified atom stereocenters. The first-order valence-corrected chi connectivity index (χ1v) is 24.1. The smallest absolute Gasteiger partial charge is 0.315 e. The maximum Gasteiger partial charge on any atom is 0.315 e. The second kappa shape index (κ2) is 25.9. The number of hydrazine groups is 1. The lowest BCUT2D eigenvalue weighted by atomic mass is 10.0. The lowest BCUT2D eigenvalue weighted by molar-refractivity contribution is -0.121. The van der Waals surface area contributed by atoms with Gasteiger partial charge in [-0.15, -0.1) is 11.8 Å². The van der Waals surface area contributed by atoms with Crippen LogP contribution in [0.1, 0.15) is 95.7 Å². The molecule has 3 heterocycles. The summed E-state index contributed by atoms with van der Waals surface area (Å²) in [6.45, 7) is 9.38. The Morgan fingerprint density at radius 1 is 0.918 bits per heavy atom. The number of benzene rings is 2. The Kier molecular flexibility index (Phi) is 20.5. The number of carbonyl (C=O) groups is 3. The first-order chi connectivity index (χ1) is 29.7. The normalized spacial score (nSPS) is 20.0. The van der Waals surface area contributed by atoms with Crippen LogP contribution in [-0.4, -0.2) is 100 Å². The molecular formula is C45H69N7O7S2. The highest BCUT2D eigenvalue weighted by Gasteiger charge is 2.42. The van der Waals surface area contributed by atoms with E-state index < -0.39 is 0 Å². The Bertz CT molecular complexity index is 1750. The molecule has 2 aromatic rings. The number of nitrogens with one attached hydrogen (secondary N) is 7. The topological polar surface area (TPSA) is 172 Å². The number of rotatable bonds is 26. The summed E-state index contributed by atoms with van der Waals surface area (Å²) < 4.78 is 22.1. The third-order valence-corrected chi connectivity index (χ3v) is 13.9. The van der Waals surface area contributed by atoms with Crippen LogP contribution in [0.4, 0.5) is 10.5 Å². The zero-order valence-electron chi connectivity index (χ0n) is 36.8. The Morgan fingerprint density at radius 2 is 1.67 bits per heavy atom.